The summed E-state index contributed by atoms with van der Waals surface area (Å²) in [7, 11) is 0. The van der Waals surface area contributed by atoms with Gasteiger partial charge in [-0.1, -0.05) is 29.5 Å². The first-order valence-corrected chi connectivity index (χ1v) is 6.37. The predicted octanol–water partition coefficient (Wildman–Crippen LogP) is 3.28. The third-order valence-corrected chi connectivity index (χ3v) is 3.28. The molecule has 0 aliphatic heterocycles. The molecule has 2 rings (SSSR count). The summed E-state index contributed by atoms with van der Waals surface area (Å²) in [5, 5.41) is 16.7. The molecule has 0 atom stereocenters. The Hall–Kier alpha value is -2.10. The molecular formula is C13H11F6N3O. The molecule has 23 heavy (non-hydrogen) atoms. The van der Waals surface area contributed by atoms with Gasteiger partial charge in [0, 0.05) is 17.7 Å². The molecular weight excluding hydrogens is 328 g/mol. The zero-order valence-corrected chi connectivity index (χ0v) is 11.7. The first kappa shape index (κ1) is 17.3. The van der Waals surface area contributed by atoms with Crippen molar-refractivity contribution in [1.82, 2.24) is 15.0 Å². The Bertz CT molecular complexity index is 660. The van der Waals surface area contributed by atoms with Crippen LogP contribution in [0.3, 0.4) is 0 Å². The molecule has 1 N–H and O–H groups in total. The second-order valence-corrected chi connectivity index (χ2v) is 4.74. The minimum absolute atomic E-state index is 0.278. The average Bonchev–Trinajstić information content (AvgIpc) is 2.93. The normalized spacial score (nSPS) is 13.4. The number of halogens is 6. The Balaban J connectivity index is 2.44. The van der Waals surface area contributed by atoms with Crippen LogP contribution in [0.15, 0.2) is 30.5 Å². The van der Waals surface area contributed by atoms with E-state index in [0.717, 1.165) is 12.1 Å². The first-order chi connectivity index (χ1) is 10.5. The van der Waals surface area contributed by atoms with Crippen LogP contribution in [0.5, 0.6) is 0 Å². The number of benzene rings is 1. The van der Waals surface area contributed by atoms with E-state index in [1.165, 1.54) is 10.9 Å². The van der Waals surface area contributed by atoms with Gasteiger partial charge in [-0.25, -0.2) is 0 Å². The Morgan fingerprint density at radius 1 is 1.00 bits per heavy atom. The van der Waals surface area contributed by atoms with E-state index in [1.807, 2.05) is 0 Å². The number of hydrogen-bond acceptors (Lipinski definition) is 3. The fourth-order valence-electron chi connectivity index (χ4n) is 1.96. The predicted molar refractivity (Wildman–Crippen MR) is 67.1 cm³/mol. The van der Waals surface area contributed by atoms with Gasteiger partial charge in [-0.3, -0.25) is 4.68 Å². The van der Waals surface area contributed by atoms with Crippen molar-refractivity contribution in [3.05, 3.63) is 36.0 Å². The average molecular weight is 339 g/mol. The standard InChI is InChI=1S/C13H11F6N3O/c1-2-22-7-10(20-21-22)8-3-5-9(6-4-8)11(23,12(14,15)16)13(17,18)19/h3-7,23H,2H2,1H3. The minimum Gasteiger partial charge on any atom is -0.369 e. The van der Waals surface area contributed by atoms with E-state index in [1.54, 1.807) is 6.92 Å². The second kappa shape index (κ2) is 5.52. The van der Waals surface area contributed by atoms with Gasteiger partial charge in [0.1, 0.15) is 5.69 Å². The van der Waals surface area contributed by atoms with Gasteiger partial charge in [0.05, 0.1) is 6.20 Å². The maximum absolute atomic E-state index is 12.8. The first-order valence-electron chi connectivity index (χ1n) is 6.37. The van der Waals surface area contributed by atoms with Crippen molar-refractivity contribution in [2.75, 3.05) is 0 Å². The molecule has 0 saturated heterocycles. The number of hydrogen-bond donors (Lipinski definition) is 1. The van der Waals surface area contributed by atoms with E-state index in [9.17, 15) is 31.4 Å². The van der Waals surface area contributed by atoms with Gasteiger partial charge in [-0.2, -0.15) is 26.3 Å². The lowest BCUT2D eigenvalue weighted by atomic mass is 9.91. The summed E-state index contributed by atoms with van der Waals surface area (Å²) in [5.74, 6) is 0. The summed E-state index contributed by atoms with van der Waals surface area (Å²) >= 11 is 0. The van der Waals surface area contributed by atoms with Crippen molar-refractivity contribution in [2.24, 2.45) is 0 Å². The van der Waals surface area contributed by atoms with Crippen LogP contribution in [0.25, 0.3) is 11.3 Å². The second-order valence-electron chi connectivity index (χ2n) is 4.74. The van der Waals surface area contributed by atoms with Gasteiger partial charge in [0.25, 0.3) is 5.60 Å². The lowest BCUT2D eigenvalue weighted by Gasteiger charge is -2.32. The lowest BCUT2D eigenvalue weighted by Crippen LogP contribution is -2.53. The highest BCUT2D eigenvalue weighted by molar-refractivity contribution is 5.58. The number of aromatic nitrogens is 3. The largest absolute Gasteiger partial charge is 0.430 e. The van der Waals surface area contributed by atoms with Crippen LogP contribution in [-0.4, -0.2) is 32.5 Å². The lowest BCUT2D eigenvalue weighted by molar-refractivity contribution is -0.376. The fourth-order valence-corrected chi connectivity index (χ4v) is 1.96. The van der Waals surface area contributed by atoms with Crippen LogP contribution < -0.4 is 0 Å². The summed E-state index contributed by atoms with van der Waals surface area (Å²) in [6.07, 6.45) is -10.3. The number of alkyl halides is 6. The maximum atomic E-state index is 12.8. The smallest absolute Gasteiger partial charge is 0.369 e. The monoisotopic (exact) mass is 339 g/mol. The summed E-state index contributed by atoms with van der Waals surface area (Å²) in [4.78, 5) is 0. The summed E-state index contributed by atoms with van der Waals surface area (Å²) < 4.78 is 78.0. The molecule has 0 aliphatic carbocycles. The minimum atomic E-state index is -5.90. The zero-order chi connectivity index (χ0) is 17.5. The molecule has 126 valence electrons. The highest BCUT2D eigenvalue weighted by Gasteiger charge is 2.71. The summed E-state index contributed by atoms with van der Waals surface area (Å²) in [6.45, 7) is 2.29. The van der Waals surface area contributed by atoms with Crippen LogP contribution in [-0.2, 0) is 12.1 Å². The van der Waals surface area contributed by atoms with Crippen LogP contribution >= 0.6 is 0 Å². The van der Waals surface area contributed by atoms with Crippen molar-refractivity contribution in [3.63, 3.8) is 0 Å². The molecule has 1 aromatic heterocycles. The number of aliphatic hydroxyl groups is 1. The maximum Gasteiger partial charge on any atom is 0.430 e. The van der Waals surface area contributed by atoms with Crippen LogP contribution in [0, 0.1) is 0 Å². The molecule has 10 heteroatoms. The Morgan fingerprint density at radius 3 is 1.91 bits per heavy atom. The molecule has 0 radical (unpaired) electrons. The molecule has 4 nitrogen and oxygen atoms in total. The number of nitrogens with zero attached hydrogens (tertiary/aromatic N) is 3. The van der Waals surface area contributed by atoms with E-state index >= 15 is 0 Å². The molecule has 0 fully saturated rings. The highest BCUT2D eigenvalue weighted by atomic mass is 19.4. The molecule has 1 heterocycles. The Labute approximate surface area is 126 Å². The van der Waals surface area contributed by atoms with Gasteiger partial charge >= 0.3 is 12.4 Å². The van der Waals surface area contributed by atoms with Crippen LogP contribution in [0.2, 0.25) is 0 Å². The van der Waals surface area contributed by atoms with Crippen molar-refractivity contribution < 1.29 is 31.4 Å². The zero-order valence-electron chi connectivity index (χ0n) is 11.7. The van der Waals surface area contributed by atoms with E-state index in [4.69, 9.17) is 0 Å². The number of rotatable bonds is 3. The molecule has 0 saturated carbocycles. The Morgan fingerprint density at radius 2 is 1.52 bits per heavy atom. The molecule has 0 amide bonds. The van der Waals surface area contributed by atoms with Gasteiger partial charge in [0.2, 0.25) is 0 Å². The fraction of sp³-hybridized carbons (Fsp3) is 0.385. The van der Waals surface area contributed by atoms with E-state index in [-0.39, 0.29) is 5.56 Å². The van der Waals surface area contributed by atoms with Crippen LogP contribution in [0.4, 0.5) is 26.3 Å². The van der Waals surface area contributed by atoms with Gasteiger partial charge in [-0.05, 0) is 6.92 Å². The van der Waals surface area contributed by atoms with E-state index < -0.39 is 23.5 Å². The molecule has 0 spiro atoms. The van der Waals surface area contributed by atoms with Gasteiger partial charge in [0.15, 0.2) is 0 Å². The van der Waals surface area contributed by atoms with Crippen molar-refractivity contribution in [3.8, 4) is 11.3 Å². The molecule has 0 unspecified atom stereocenters. The van der Waals surface area contributed by atoms with E-state index in [2.05, 4.69) is 10.3 Å². The SMILES string of the molecule is CCn1cc(-c2ccc(C(O)(C(F)(F)F)C(F)(F)F)cc2)nn1. The van der Waals surface area contributed by atoms with Crippen LogP contribution in [0.1, 0.15) is 12.5 Å². The topological polar surface area (TPSA) is 50.9 Å². The highest BCUT2D eigenvalue weighted by Crippen LogP contribution is 2.50. The summed E-state index contributed by atoms with van der Waals surface area (Å²) in [5.41, 5.74) is -5.68. The van der Waals surface area contributed by atoms with Crippen molar-refractivity contribution in [2.45, 2.75) is 31.4 Å². The molecule has 2 aromatic rings. The quantitative estimate of drug-likeness (QED) is 0.873. The van der Waals surface area contributed by atoms with Gasteiger partial charge < -0.3 is 5.11 Å². The third kappa shape index (κ3) is 2.90. The number of aryl methyl sites for hydroxylation is 1. The molecule has 0 aliphatic rings. The van der Waals surface area contributed by atoms with Gasteiger partial charge in [-0.15, -0.1) is 5.10 Å². The summed E-state index contributed by atoms with van der Waals surface area (Å²) in [6, 6.07) is 3.17. The Kier molecular flexibility index (Phi) is 4.14. The molecule has 0 bridgehead atoms. The third-order valence-electron chi connectivity index (χ3n) is 3.28. The van der Waals surface area contributed by atoms with E-state index in [0.29, 0.717) is 24.4 Å². The molecule has 1 aromatic carbocycles. The van der Waals surface area contributed by atoms with Crippen molar-refractivity contribution in [1.29, 1.82) is 0 Å². The van der Waals surface area contributed by atoms with Crippen molar-refractivity contribution >= 4 is 0 Å².